The van der Waals surface area contributed by atoms with Gasteiger partial charge >= 0.3 is 6.18 Å². The van der Waals surface area contributed by atoms with Crippen LogP contribution in [0.4, 0.5) is 13.2 Å². The van der Waals surface area contributed by atoms with Gasteiger partial charge in [-0.15, -0.1) is 0 Å². The van der Waals surface area contributed by atoms with Crippen molar-refractivity contribution in [2.24, 2.45) is 0 Å². The molecule has 0 aromatic carbocycles. The molecule has 2 nitrogen and oxygen atoms in total. The molecule has 1 heterocycles. The molecule has 0 bridgehead atoms. The van der Waals surface area contributed by atoms with Gasteiger partial charge < -0.3 is 4.98 Å². The van der Waals surface area contributed by atoms with E-state index in [1.54, 1.807) is 19.9 Å². The Kier molecular flexibility index (Phi) is 2.69. The van der Waals surface area contributed by atoms with E-state index in [2.05, 4.69) is 4.98 Å². The van der Waals surface area contributed by atoms with Crippen LogP contribution in [-0.4, -0.2) is 16.9 Å². The third kappa shape index (κ3) is 2.37. The maximum absolute atomic E-state index is 11.9. The van der Waals surface area contributed by atoms with Crippen molar-refractivity contribution in [3.05, 3.63) is 23.0 Å². The number of carbonyl (C=O) groups excluding carboxylic acids is 1. The van der Waals surface area contributed by atoms with Crippen LogP contribution in [0.1, 0.15) is 17.0 Å². The van der Waals surface area contributed by atoms with E-state index in [0.717, 1.165) is 5.69 Å². The van der Waals surface area contributed by atoms with Crippen LogP contribution in [-0.2, 0) is 11.2 Å². The maximum atomic E-state index is 11.9. The zero-order chi connectivity index (χ0) is 10.9. The Morgan fingerprint density at radius 2 is 2.00 bits per heavy atom. The predicted molar refractivity (Wildman–Crippen MR) is 45.0 cm³/mol. The number of alkyl halides is 3. The molecule has 1 aromatic rings. The Balaban J connectivity index is 2.80. The lowest BCUT2D eigenvalue weighted by Crippen LogP contribution is -2.24. The highest BCUT2D eigenvalue weighted by Gasteiger charge is 2.38. The highest BCUT2D eigenvalue weighted by atomic mass is 19.4. The maximum Gasteiger partial charge on any atom is 0.450 e. The summed E-state index contributed by atoms with van der Waals surface area (Å²) in [5.74, 6) is -1.71. The zero-order valence-electron chi connectivity index (χ0n) is 7.83. The summed E-state index contributed by atoms with van der Waals surface area (Å²) in [6.07, 6.45) is -5.32. The summed E-state index contributed by atoms with van der Waals surface area (Å²) in [5.41, 5.74) is 1.78. The van der Waals surface area contributed by atoms with E-state index in [1.165, 1.54) is 0 Å². The number of carbonyl (C=O) groups is 1. The SMILES string of the molecule is Cc1cc(CC(=O)C(F)(F)F)c(C)[nH]1. The number of halogens is 3. The number of ketones is 1. The van der Waals surface area contributed by atoms with Crippen molar-refractivity contribution in [2.75, 3.05) is 0 Å². The van der Waals surface area contributed by atoms with Gasteiger partial charge in [0.05, 0.1) is 0 Å². The number of H-pyrrole nitrogens is 1. The normalized spacial score (nSPS) is 11.8. The first-order valence-electron chi connectivity index (χ1n) is 4.06. The Morgan fingerprint density at radius 3 is 2.36 bits per heavy atom. The Morgan fingerprint density at radius 1 is 1.43 bits per heavy atom. The first kappa shape index (κ1) is 10.8. The molecule has 1 rings (SSSR count). The van der Waals surface area contributed by atoms with Crippen molar-refractivity contribution in [1.82, 2.24) is 4.98 Å². The van der Waals surface area contributed by atoms with Crippen molar-refractivity contribution in [3.63, 3.8) is 0 Å². The number of nitrogens with one attached hydrogen (secondary N) is 1. The highest BCUT2D eigenvalue weighted by Crippen LogP contribution is 2.20. The smallest absolute Gasteiger partial charge is 0.362 e. The van der Waals surface area contributed by atoms with Crippen molar-refractivity contribution in [2.45, 2.75) is 26.4 Å². The monoisotopic (exact) mass is 205 g/mol. The Bertz CT molecular complexity index is 351. The van der Waals surface area contributed by atoms with Crippen molar-refractivity contribution in [1.29, 1.82) is 0 Å². The second-order valence-electron chi connectivity index (χ2n) is 3.20. The number of aromatic amines is 1. The summed E-state index contributed by atoms with van der Waals surface area (Å²) in [4.78, 5) is 13.5. The number of hydrogen-bond donors (Lipinski definition) is 1. The molecule has 14 heavy (non-hydrogen) atoms. The fourth-order valence-electron chi connectivity index (χ4n) is 1.24. The second-order valence-corrected chi connectivity index (χ2v) is 3.20. The quantitative estimate of drug-likeness (QED) is 0.789. The van der Waals surface area contributed by atoms with Gasteiger partial charge in [-0.25, -0.2) is 0 Å². The summed E-state index contributed by atoms with van der Waals surface area (Å²) in [6.45, 7) is 3.38. The average Bonchev–Trinajstić information content (AvgIpc) is 2.28. The second kappa shape index (κ2) is 3.48. The van der Waals surface area contributed by atoms with Crippen LogP contribution in [0.2, 0.25) is 0 Å². The standard InChI is InChI=1S/C9H10F3NO/c1-5-3-7(6(2)13-5)4-8(14)9(10,11)12/h3,13H,4H2,1-2H3. The Labute approximate surface area is 79.1 Å². The Hall–Kier alpha value is -1.26. The number of rotatable bonds is 2. The first-order chi connectivity index (χ1) is 6.30. The van der Waals surface area contributed by atoms with Gasteiger partial charge in [-0.2, -0.15) is 13.2 Å². The summed E-state index contributed by atoms with van der Waals surface area (Å²) in [5, 5.41) is 0. The number of aryl methyl sites for hydroxylation is 2. The summed E-state index contributed by atoms with van der Waals surface area (Å²) >= 11 is 0. The minimum Gasteiger partial charge on any atom is -0.362 e. The third-order valence-electron chi connectivity index (χ3n) is 1.92. The number of aromatic nitrogens is 1. The van der Waals surface area contributed by atoms with Gasteiger partial charge in [-0.3, -0.25) is 4.79 Å². The summed E-state index contributed by atoms with van der Waals surface area (Å²) in [7, 11) is 0. The zero-order valence-corrected chi connectivity index (χ0v) is 7.83. The topological polar surface area (TPSA) is 32.9 Å². The lowest BCUT2D eigenvalue weighted by atomic mass is 10.1. The fourth-order valence-corrected chi connectivity index (χ4v) is 1.24. The van der Waals surface area contributed by atoms with Crippen LogP contribution in [0.3, 0.4) is 0 Å². The molecule has 1 aromatic heterocycles. The molecule has 0 amide bonds. The van der Waals surface area contributed by atoms with Crippen LogP contribution in [0, 0.1) is 13.8 Å². The molecule has 0 saturated carbocycles. The van der Waals surface area contributed by atoms with Gasteiger partial charge in [0.15, 0.2) is 0 Å². The highest BCUT2D eigenvalue weighted by molar-refractivity contribution is 5.86. The molecule has 78 valence electrons. The first-order valence-corrected chi connectivity index (χ1v) is 4.06. The molecule has 0 radical (unpaired) electrons. The lowest BCUT2D eigenvalue weighted by Gasteiger charge is -2.03. The average molecular weight is 205 g/mol. The van der Waals surface area contributed by atoms with Gasteiger partial charge in [0.25, 0.3) is 0 Å². The van der Waals surface area contributed by atoms with Gasteiger partial charge in [0, 0.05) is 17.8 Å². The minimum atomic E-state index is -4.74. The van der Waals surface area contributed by atoms with Crippen molar-refractivity contribution in [3.8, 4) is 0 Å². The molecular weight excluding hydrogens is 195 g/mol. The molecule has 0 aliphatic heterocycles. The molecule has 0 aliphatic carbocycles. The van der Waals surface area contributed by atoms with Gasteiger partial charge in [-0.1, -0.05) is 0 Å². The van der Waals surface area contributed by atoms with E-state index in [0.29, 0.717) is 11.3 Å². The molecule has 0 unspecified atom stereocenters. The van der Waals surface area contributed by atoms with Crippen LogP contribution < -0.4 is 0 Å². The molecular formula is C9H10F3NO. The van der Waals surface area contributed by atoms with Crippen LogP contribution in [0.25, 0.3) is 0 Å². The van der Waals surface area contributed by atoms with Crippen LogP contribution in [0.5, 0.6) is 0 Å². The van der Waals surface area contributed by atoms with Crippen LogP contribution in [0.15, 0.2) is 6.07 Å². The van der Waals surface area contributed by atoms with Gasteiger partial charge in [-0.05, 0) is 25.5 Å². The molecule has 0 atom stereocenters. The molecule has 5 heteroatoms. The molecule has 0 saturated heterocycles. The van der Waals surface area contributed by atoms with E-state index < -0.39 is 18.4 Å². The lowest BCUT2D eigenvalue weighted by molar-refractivity contribution is -0.170. The molecule has 0 spiro atoms. The minimum absolute atomic E-state index is 0.407. The van der Waals surface area contributed by atoms with E-state index >= 15 is 0 Å². The molecule has 0 aliphatic rings. The van der Waals surface area contributed by atoms with E-state index in [9.17, 15) is 18.0 Å². The molecule has 0 fully saturated rings. The van der Waals surface area contributed by atoms with Crippen molar-refractivity contribution < 1.29 is 18.0 Å². The van der Waals surface area contributed by atoms with E-state index in [1.807, 2.05) is 0 Å². The summed E-state index contributed by atoms with van der Waals surface area (Å²) in [6, 6.07) is 1.55. The fraction of sp³-hybridized carbons (Fsp3) is 0.444. The predicted octanol–water partition coefficient (Wildman–Crippen LogP) is 2.31. The largest absolute Gasteiger partial charge is 0.450 e. The summed E-state index contributed by atoms with van der Waals surface area (Å²) < 4.78 is 35.7. The number of Topliss-reactive ketones (excluding diaryl/α,β-unsaturated/α-hetero) is 1. The number of hydrogen-bond acceptors (Lipinski definition) is 1. The third-order valence-corrected chi connectivity index (χ3v) is 1.92. The van der Waals surface area contributed by atoms with E-state index in [-0.39, 0.29) is 0 Å². The van der Waals surface area contributed by atoms with Gasteiger partial charge in [0.1, 0.15) is 0 Å². The van der Waals surface area contributed by atoms with Crippen LogP contribution >= 0.6 is 0 Å². The van der Waals surface area contributed by atoms with Gasteiger partial charge in [0.2, 0.25) is 5.78 Å². The van der Waals surface area contributed by atoms with Crippen molar-refractivity contribution >= 4 is 5.78 Å². The van der Waals surface area contributed by atoms with E-state index in [4.69, 9.17) is 0 Å². The molecule has 1 N–H and O–H groups in total.